The highest BCUT2D eigenvalue weighted by atomic mass is 32.1. The number of aryl methyl sites for hydroxylation is 1. The number of rotatable bonds is 6. The molecular formula is C17H20N2O3S2. The van der Waals surface area contributed by atoms with Crippen LogP contribution in [-0.2, 0) is 11.2 Å². The largest absolute Gasteiger partial charge is 0.462 e. The Labute approximate surface area is 149 Å². The number of thiazole rings is 1. The van der Waals surface area contributed by atoms with Gasteiger partial charge in [0.2, 0.25) is 0 Å². The Morgan fingerprint density at radius 3 is 2.71 bits per heavy atom. The van der Waals surface area contributed by atoms with Gasteiger partial charge in [-0.1, -0.05) is 6.92 Å². The highest BCUT2D eigenvalue weighted by molar-refractivity contribution is 7.17. The molecule has 0 saturated heterocycles. The van der Waals surface area contributed by atoms with Gasteiger partial charge < -0.3 is 10.1 Å². The number of carbonyl (C=O) groups is 2. The van der Waals surface area contributed by atoms with Crippen LogP contribution in [-0.4, -0.2) is 23.5 Å². The third kappa shape index (κ3) is 3.37. The molecule has 1 fully saturated rings. The lowest BCUT2D eigenvalue weighted by molar-refractivity contribution is 0.0527. The molecule has 1 saturated carbocycles. The van der Waals surface area contributed by atoms with Gasteiger partial charge in [-0.25, -0.2) is 9.78 Å². The van der Waals surface area contributed by atoms with Crippen molar-refractivity contribution in [2.24, 2.45) is 0 Å². The molecule has 0 unspecified atom stereocenters. The minimum absolute atomic E-state index is 0.214. The minimum atomic E-state index is -0.378. The van der Waals surface area contributed by atoms with Crippen molar-refractivity contribution in [2.45, 2.75) is 46.0 Å². The van der Waals surface area contributed by atoms with Gasteiger partial charge in [-0.15, -0.1) is 22.7 Å². The zero-order valence-electron chi connectivity index (χ0n) is 14.0. The Morgan fingerprint density at radius 1 is 1.33 bits per heavy atom. The van der Waals surface area contributed by atoms with E-state index in [0.717, 1.165) is 34.7 Å². The topological polar surface area (TPSA) is 68.3 Å². The molecule has 1 aliphatic carbocycles. The van der Waals surface area contributed by atoms with Gasteiger partial charge in [0, 0.05) is 10.8 Å². The number of nitrogens with one attached hydrogen (secondary N) is 1. The maximum absolute atomic E-state index is 12.5. The zero-order valence-corrected chi connectivity index (χ0v) is 15.6. The fraction of sp³-hybridized carbons (Fsp3) is 0.471. The predicted molar refractivity (Wildman–Crippen MR) is 96.4 cm³/mol. The van der Waals surface area contributed by atoms with Crippen molar-refractivity contribution < 1.29 is 14.3 Å². The second-order valence-electron chi connectivity index (χ2n) is 5.71. The molecule has 1 amide bonds. The van der Waals surface area contributed by atoms with Crippen LogP contribution in [0.2, 0.25) is 0 Å². The number of amides is 1. The lowest BCUT2D eigenvalue weighted by atomic mass is 10.1. The van der Waals surface area contributed by atoms with Crippen LogP contribution in [0.3, 0.4) is 0 Å². The molecule has 2 aromatic heterocycles. The van der Waals surface area contributed by atoms with Crippen LogP contribution in [0.15, 0.2) is 6.20 Å². The highest BCUT2D eigenvalue weighted by Crippen LogP contribution is 2.42. The van der Waals surface area contributed by atoms with Crippen molar-refractivity contribution in [1.82, 2.24) is 4.98 Å². The number of esters is 1. The Kier molecular flexibility index (Phi) is 5.01. The van der Waals surface area contributed by atoms with Crippen LogP contribution in [0.25, 0.3) is 0 Å². The van der Waals surface area contributed by atoms with Crippen molar-refractivity contribution >= 4 is 39.6 Å². The van der Waals surface area contributed by atoms with Crippen LogP contribution in [0.4, 0.5) is 5.00 Å². The van der Waals surface area contributed by atoms with Gasteiger partial charge in [0.05, 0.1) is 23.4 Å². The molecule has 3 rings (SSSR count). The third-order valence-corrected chi connectivity index (χ3v) is 6.16. The van der Waals surface area contributed by atoms with E-state index in [1.165, 1.54) is 22.7 Å². The average molecular weight is 364 g/mol. The first-order valence-corrected chi connectivity index (χ1v) is 9.74. The van der Waals surface area contributed by atoms with E-state index in [4.69, 9.17) is 4.74 Å². The fourth-order valence-corrected chi connectivity index (χ4v) is 4.70. The normalized spacial score (nSPS) is 13.8. The van der Waals surface area contributed by atoms with Crippen LogP contribution in [0, 0.1) is 6.92 Å². The van der Waals surface area contributed by atoms with Crippen LogP contribution in [0.1, 0.15) is 68.1 Å². The summed E-state index contributed by atoms with van der Waals surface area (Å²) in [4.78, 5) is 30.8. The molecule has 1 N–H and O–H groups in total. The van der Waals surface area contributed by atoms with Gasteiger partial charge in [0.25, 0.3) is 5.91 Å². The summed E-state index contributed by atoms with van der Waals surface area (Å²) in [6.07, 6.45) is 4.66. The van der Waals surface area contributed by atoms with Gasteiger partial charge in [0.1, 0.15) is 9.88 Å². The highest BCUT2D eigenvalue weighted by Gasteiger charge is 2.28. The number of carbonyl (C=O) groups excluding carboxylic acids is 2. The fourth-order valence-electron chi connectivity index (χ4n) is 2.59. The van der Waals surface area contributed by atoms with E-state index in [-0.39, 0.29) is 11.9 Å². The molecule has 0 aliphatic heterocycles. The van der Waals surface area contributed by atoms with E-state index in [9.17, 15) is 9.59 Å². The SMILES string of the molecule is CCOC(=O)c1c(NC(=O)c2cnc(C3CC3)s2)sc(C)c1CC. The second kappa shape index (κ2) is 7.03. The van der Waals surface area contributed by atoms with Crippen molar-refractivity contribution in [3.8, 4) is 0 Å². The van der Waals surface area contributed by atoms with Crippen LogP contribution < -0.4 is 5.32 Å². The number of ether oxygens (including phenoxy) is 1. The van der Waals surface area contributed by atoms with Gasteiger partial charge in [0.15, 0.2) is 0 Å². The first kappa shape index (κ1) is 17.1. The van der Waals surface area contributed by atoms with E-state index < -0.39 is 0 Å². The maximum Gasteiger partial charge on any atom is 0.341 e. The summed E-state index contributed by atoms with van der Waals surface area (Å²) in [6.45, 7) is 6.04. The molecule has 7 heteroatoms. The van der Waals surface area contributed by atoms with Gasteiger partial charge in [-0.05, 0) is 38.7 Å². The summed E-state index contributed by atoms with van der Waals surface area (Å²) in [5.41, 5.74) is 1.43. The van der Waals surface area contributed by atoms with Crippen LogP contribution in [0.5, 0.6) is 0 Å². The van der Waals surface area contributed by atoms with E-state index >= 15 is 0 Å². The summed E-state index contributed by atoms with van der Waals surface area (Å²) in [6, 6.07) is 0. The van der Waals surface area contributed by atoms with E-state index in [2.05, 4.69) is 10.3 Å². The molecule has 0 aromatic carbocycles. The van der Waals surface area contributed by atoms with Crippen molar-refractivity contribution in [3.05, 3.63) is 32.1 Å². The molecule has 2 heterocycles. The second-order valence-corrected chi connectivity index (χ2v) is 7.99. The molecule has 2 aromatic rings. The molecular weight excluding hydrogens is 344 g/mol. The number of hydrogen-bond acceptors (Lipinski definition) is 6. The molecule has 1 aliphatic rings. The van der Waals surface area contributed by atoms with E-state index in [1.807, 2.05) is 13.8 Å². The first-order valence-electron chi connectivity index (χ1n) is 8.11. The Hall–Kier alpha value is -1.73. The standard InChI is InChI=1S/C17H20N2O3S2/c1-4-11-9(3)23-16(13(11)17(21)22-5-2)19-14(20)12-8-18-15(24-12)10-6-7-10/h8,10H,4-7H2,1-3H3,(H,19,20). The lowest BCUT2D eigenvalue weighted by Gasteiger charge is -2.07. The number of thiophene rings is 1. The Morgan fingerprint density at radius 2 is 2.08 bits per heavy atom. The maximum atomic E-state index is 12.5. The summed E-state index contributed by atoms with van der Waals surface area (Å²) >= 11 is 2.86. The number of nitrogens with zero attached hydrogens (tertiary/aromatic N) is 1. The van der Waals surface area contributed by atoms with Crippen molar-refractivity contribution in [3.63, 3.8) is 0 Å². The summed E-state index contributed by atoms with van der Waals surface area (Å²) in [5.74, 6) is -0.0619. The monoisotopic (exact) mass is 364 g/mol. The van der Waals surface area contributed by atoms with Gasteiger partial charge in [-0.3, -0.25) is 4.79 Å². The summed E-state index contributed by atoms with van der Waals surface area (Å²) in [7, 11) is 0. The molecule has 0 atom stereocenters. The summed E-state index contributed by atoms with van der Waals surface area (Å²) in [5, 5.41) is 4.48. The van der Waals surface area contributed by atoms with Crippen LogP contribution >= 0.6 is 22.7 Å². The van der Waals surface area contributed by atoms with Crippen molar-refractivity contribution in [1.29, 1.82) is 0 Å². The van der Waals surface area contributed by atoms with Gasteiger partial charge >= 0.3 is 5.97 Å². The molecule has 5 nitrogen and oxygen atoms in total. The quantitative estimate of drug-likeness (QED) is 0.772. The van der Waals surface area contributed by atoms with Crippen molar-refractivity contribution in [2.75, 3.05) is 11.9 Å². The zero-order chi connectivity index (χ0) is 17.3. The molecule has 0 bridgehead atoms. The smallest absolute Gasteiger partial charge is 0.341 e. The molecule has 0 spiro atoms. The van der Waals surface area contributed by atoms with E-state index in [1.54, 1.807) is 13.1 Å². The predicted octanol–water partition coefficient (Wildman–Crippen LogP) is 4.38. The van der Waals surface area contributed by atoms with Gasteiger partial charge in [-0.2, -0.15) is 0 Å². The first-order chi connectivity index (χ1) is 11.5. The number of hydrogen-bond donors (Lipinski definition) is 1. The molecule has 0 radical (unpaired) electrons. The number of anilines is 1. The van der Waals surface area contributed by atoms with E-state index in [0.29, 0.717) is 28.0 Å². The Bertz CT molecular complexity index is 775. The number of aromatic nitrogens is 1. The Balaban J connectivity index is 1.85. The lowest BCUT2D eigenvalue weighted by Crippen LogP contribution is -2.14. The molecule has 24 heavy (non-hydrogen) atoms. The minimum Gasteiger partial charge on any atom is -0.462 e. The third-order valence-electron chi connectivity index (χ3n) is 3.94. The average Bonchev–Trinajstić information content (AvgIpc) is 3.18. The molecule has 128 valence electrons. The summed E-state index contributed by atoms with van der Waals surface area (Å²) < 4.78 is 5.16.